The number of thiophene rings is 1. The second kappa shape index (κ2) is 16.0. The maximum absolute atomic E-state index is 13.8. The van der Waals surface area contributed by atoms with Gasteiger partial charge in [-0.15, -0.1) is 11.3 Å². The molecular formula is C32H43N3O5S. The van der Waals surface area contributed by atoms with Crippen molar-refractivity contribution in [1.82, 2.24) is 9.80 Å². The van der Waals surface area contributed by atoms with Crippen molar-refractivity contribution in [3.8, 4) is 11.5 Å². The van der Waals surface area contributed by atoms with E-state index in [9.17, 15) is 9.59 Å². The van der Waals surface area contributed by atoms with Crippen molar-refractivity contribution in [2.24, 2.45) is 0 Å². The topological polar surface area (TPSA) is 80.3 Å². The first-order chi connectivity index (χ1) is 19.7. The number of carbonyl (C=O) groups excluding carboxylic acids is 2. The first kappa shape index (κ1) is 32.0. The van der Waals surface area contributed by atoms with Gasteiger partial charge in [0, 0.05) is 37.4 Å². The number of anilines is 1. The van der Waals surface area contributed by atoms with Crippen molar-refractivity contribution in [2.45, 2.75) is 46.1 Å². The third-order valence-electron chi connectivity index (χ3n) is 6.99. The van der Waals surface area contributed by atoms with Gasteiger partial charge in [-0.1, -0.05) is 32.0 Å². The molecule has 2 aromatic carbocycles. The summed E-state index contributed by atoms with van der Waals surface area (Å²) >= 11 is 1.63. The normalized spacial score (nSPS) is 10.9. The molecule has 1 N–H and O–H groups in total. The van der Waals surface area contributed by atoms with E-state index in [1.165, 1.54) is 5.56 Å². The van der Waals surface area contributed by atoms with Crippen molar-refractivity contribution in [2.75, 3.05) is 52.9 Å². The van der Waals surface area contributed by atoms with Gasteiger partial charge in [0.25, 0.3) is 0 Å². The van der Waals surface area contributed by atoms with Crippen LogP contribution in [0.3, 0.4) is 0 Å². The number of benzene rings is 2. The fourth-order valence-electron chi connectivity index (χ4n) is 4.40. The predicted octanol–water partition coefficient (Wildman–Crippen LogP) is 6.34. The molecule has 0 radical (unpaired) electrons. The average Bonchev–Trinajstić information content (AvgIpc) is 3.38. The molecular weight excluding hydrogens is 538 g/mol. The number of rotatable bonds is 15. The Hall–Kier alpha value is -3.56. The van der Waals surface area contributed by atoms with Gasteiger partial charge in [-0.25, -0.2) is 4.79 Å². The summed E-state index contributed by atoms with van der Waals surface area (Å²) < 4.78 is 16.0. The highest BCUT2D eigenvalue weighted by Gasteiger charge is 2.23. The Morgan fingerprint density at radius 3 is 2.27 bits per heavy atom. The van der Waals surface area contributed by atoms with Crippen LogP contribution >= 0.6 is 11.3 Å². The van der Waals surface area contributed by atoms with E-state index in [1.807, 2.05) is 52.7 Å². The fourth-order valence-corrected chi connectivity index (χ4v) is 5.32. The van der Waals surface area contributed by atoms with E-state index < -0.39 is 0 Å². The third-order valence-corrected chi connectivity index (χ3v) is 8.00. The van der Waals surface area contributed by atoms with Gasteiger partial charge in [0.05, 0.1) is 20.8 Å². The van der Waals surface area contributed by atoms with E-state index in [1.54, 1.807) is 37.6 Å². The number of amides is 3. The Morgan fingerprint density at radius 2 is 1.66 bits per heavy atom. The lowest BCUT2D eigenvalue weighted by molar-refractivity contribution is -0.132. The maximum atomic E-state index is 13.8. The van der Waals surface area contributed by atoms with Crippen LogP contribution in [0.4, 0.5) is 10.5 Å². The lowest BCUT2D eigenvalue weighted by atomic mass is 10.0. The number of methoxy groups -OCH3 is 3. The molecule has 0 unspecified atom stereocenters. The largest absolute Gasteiger partial charge is 0.493 e. The minimum atomic E-state index is -0.307. The summed E-state index contributed by atoms with van der Waals surface area (Å²) in [5.74, 6) is 1.61. The monoisotopic (exact) mass is 581 g/mol. The lowest BCUT2D eigenvalue weighted by Gasteiger charge is -2.28. The van der Waals surface area contributed by atoms with Crippen molar-refractivity contribution in [3.63, 3.8) is 0 Å². The van der Waals surface area contributed by atoms with Crippen LogP contribution < -0.4 is 14.8 Å². The molecule has 3 rings (SSSR count). The Labute approximate surface area is 248 Å². The molecule has 0 aliphatic rings. The summed E-state index contributed by atoms with van der Waals surface area (Å²) in [7, 11) is 4.85. The Balaban J connectivity index is 1.76. The van der Waals surface area contributed by atoms with Crippen LogP contribution in [0, 0.1) is 6.92 Å². The summed E-state index contributed by atoms with van der Waals surface area (Å²) in [6.45, 7) is 8.16. The molecule has 0 bridgehead atoms. The molecule has 1 heterocycles. The highest BCUT2D eigenvalue weighted by atomic mass is 32.1. The molecule has 1 aromatic heterocycles. The SMILES string of the molecule is COCCCN(CC(=O)N(CCc1ccc(OC)c(OC)c1)Cc1sccc1C)C(=O)Nc1ccc(C(C)C)cc1. The van der Waals surface area contributed by atoms with Crippen molar-refractivity contribution < 1.29 is 23.8 Å². The minimum Gasteiger partial charge on any atom is -0.493 e. The van der Waals surface area contributed by atoms with Crippen molar-refractivity contribution in [3.05, 3.63) is 75.5 Å². The molecule has 0 fully saturated rings. The van der Waals surface area contributed by atoms with E-state index >= 15 is 0 Å². The Kier molecular flexibility index (Phi) is 12.5. The number of hydrogen-bond donors (Lipinski definition) is 1. The number of hydrogen-bond acceptors (Lipinski definition) is 6. The van der Waals surface area contributed by atoms with E-state index in [0.29, 0.717) is 62.2 Å². The van der Waals surface area contributed by atoms with Crippen LogP contribution in [0.25, 0.3) is 0 Å². The van der Waals surface area contributed by atoms with Crippen LogP contribution in [0.2, 0.25) is 0 Å². The molecule has 3 aromatic rings. The number of ether oxygens (including phenoxy) is 3. The molecule has 3 amide bonds. The molecule has 222 valence electrons. The van der Waals surface area contributed by atoms with Crippen molar-refractivity contribution in [1.29, 1.82) is 0 Å². The van der Waals surface area contributed by atoms with E-state index in [0.717, 1.165) is 16.0 Å². The van der Waals surface area contributed by atoms with E-state index in [-0.39, 0.29) is 18.5 Å². The Bertz CT molecular complexity index is 1260. The fraction of sp³-hybridized carbons (Fsp3) is 0.438. The standard InChI is InChI=1S/C32H43N3O5S/c1-23(2)26-9-11-27(12-10-26)33-32(37)35(16-7-18-38-4)22-31(36)34(21-30-24(3)15-19-41-30)17-14-25-8-13-28(39-5)29(20-25)40-6/h8-13,15,19-20,23H,7,14,16-18,21-22H2,1-6H3,(H,33,37). The maximum Gasteiger partial charge on any atom is 0.322 e. The molecule has 0 saturated carbocycles. The van der Waals surface area contributed by atoms with Gasteiger partial charge >= 0.3 is 6.03 Å². The quantitative estimate of drug-likeness (QED) is 0.212. The van der Waals surface area contributed by atoms with Gasteiger partial charge < -0.3 is 29.3 Å². The molecule has 8 nitrogen and oxygen atoms in total. The van der Waals surface area contributed by atoms with Crippen LogP contribution in [0.1, 0.15) is 47.8 Å². The third kappa shape index (κ3) is 9.50. The zero-order valence-corrected chi connectivity index (χ0v) is 25.9. The van der Waals surface area contributed by atoms with Crippen LogP contribution in [0.15, 0.2) is 53.9 Å². The first-order valence-electron chi connectivity index (χ1n) is 13.9. The molecule has 0 spiro atoms. The van der Waals surface area contributed by atoms with Gasteiger partial charge in [-0.05, 0) is 78.1 Å². The highest BCUT2D eigenvalue weighted by Crippen LogP contribution is 2.28. The Morgan fingerprint density at radius 1 is 0.927 bits per heavy atom. The molecule has 0 aliphatic heterocycles. The average molecular weight is 582 g/mol. The second-order valence-corrected chi connectivity index (χ2v) is 11.3. The zero-order chi connectivity index (χ0) is 29.8. The van der Waals surface area contributed by atoms with Gasteiger partial charge in [-0.2, -0.15) is 0 Å². The van der Waals surface area contributed by atoms with Crippen LogP contribution in [-0.4, -0.2) is 69.3 Å². The van der Waals surface area contributed by atoms with E-state index in [4.69, 9.17) is 14.2 Å². The van der Waals surface area contributed by atoms with Gasteiger partial charge in [0.2, 0.25) is 5.91 Å². The predicted molar refractivity (Wildman–Crippen MR) is 165 cm³/mol. The molecule has 0 aliphatic carbocycles. The summed E-state index contributed by atoms with van der Waals surface area (Å²) in [5.41, 5.74) is 4.08. The highest BCUT2D eigenvalue weighted by molar-refractivity contribution is 7.10. The van der Waals surface area contributed by atoms with Gasteiger partial charge in [0.1, 0.15) is 6.54 Å². The lowest BCUT2D eigenvalue weighted by Crippen LogP contribution is -2.45. The minimum absolute atomic E-state index is 0.0318. The summed E-state index contributed by atoms with van der Waals surface area (Å²) in [4.78, 5) is 31.7. The van der Waals surface area contributed by atoms with Crippen LogP contribution in [0.5, 0.6) is 11.5 Å². The number of carbonyl (C=O) groups is 2. The number of urea groups is 1. The molecule has 0 atom stereocenters. The second-order valence-electron chi connectivity index (χ2n) is 10.3. The summed E-state index contributed by atoms with van der Waals surface area (Å²) in [6.07, 6.45) is 1.26. The summed E-state index contributed by atoms with van der Waals surface area (Å²) in [6, 6.07) is 15.4. The number of nitrogens with one attached hydrogen (secondary N) is 1. The first-order valence-corrected chi connectivity index (χ1v) is 14.8. The van der Waals surface area contributed by atoms with E-state index in [2.05, 4.69) is 32.2 Å². The summed E-state index contributed by atoms with van der Waals surface area (Å²) in [5, 5.41) is 5.01. The zero-order valence-electron chi connectivity index (χ0n) is 25.1. The van der Waals surface area contributed by atoms with Gasteiger partial charge in [-0.3, -0.25) is 4.79 Å². The number of nitrogens with zero attached hydrogens (tertiary/aromatic N) is 2. The van der Waals surface area contributed by atoms with Crippen LogP contribution in [-0.2, 0) is 22.5 Å². The van der Waals surface area contributed by atoms with Crippen molar-refractivity contribution >= 4 is 29.0 Å². The smallest absolute Gasteiger partial charge is 0.322 e. The molecule has 9 heteroatoms. The molecule has 41 heavy (non-hydrogen) atoms. The number of aryl methyl sites for hydroxylation is 1. The molecule has 0 saturated heterocycles. The van der Waals surface area contributed by atoms with Gasteiger partial charge in [0.15, 0.2) is 11.5 Å².